The molecule has 2 aromatic heterocycles. The lowest BCUT2D eigenvalue weighted by molar-refractivity contribution is -0.145. The molecule has 1 aliphatic rings. The van der Waals surface area contributed by atoms with Crippen LogP contribution in [-0.2, 0) is 33.5 Å². The second kappa shape index (κ2) is 17.6. The van der Waals surface area contributed by atoms with Gasteiger partial charge < -0.3 is 39.4 Å². The second-order valence-electron chi connectivity index (χ2n) is 13.6. The molecule has 3 N–H and O–H groups in total. The van der Waals surface area contributed by atoms with E-state index in [1.165, 1.54) is 0 Å². The fourth-order valence-electron chi connectivity index (χ4n) is 6.04. The Bertz CT molecular complexity index is 1770. The lowest BCUT2D eigenvalue weighted by atomic mass is 9.89. The average molecular weight is 759 g/mol. The fourth-order valence-corrected chi connectivity index (χ4v) is 6.04. The molecule has 18 heteroatoms. The number of likely N-dealkylation sites (tertiary alicyclic amines) is 1. The molecule has 1 amide bonds. The van der Waals surface area contributed by atoms with Crippen molar-refractivity contribution in [3.05, 3.63) is 47.4 Å². The topological polar surface area (TPSA) is 132 Å². The molecule has 53 heavy (non-hydrogen) atoms. The van der Waals surface area contributed by atoms with Gasteiger partial charge >= 0.3 is 24.4 Å². The van der Waals surface area contributed by atoms with Gasteiger partial charge in [0.1, 0.15) is 17.7 Å². The number of ether oxygens (including phenoxy) is 3. The van der Waals surface area contributed by atoms with Gasteiger partial charge in [-0.3, -0.25) is 4.68 Å². The molecule has 2 atom stereocenters. The van der Waals surface area contributed by atoms with Crippen molar-refractivity contribution in [1.29, 1.82) is 0 Å². The van der Waals surface area contributed by atoms with Crippen LogP contribution in [0.5, 0.6) is 0 Å². The number of halogens is 6. The first kappa shape index (κ1) is 41.3. The van der Waals surface area contributed by atoms with Crippen molar-refractivity contribution in [2.24, 2.45) is 5.92 Å². The van der Waals surface area contributed by atoms with Gasteiger partial charge in [-0.2, -0.15) is 31.4 Å². The summed E-state index contributed by atoms with van der Waals surface area (Å²) >= 11 is 0. The van der Waals surface area contributed by atoms with Gasteiger partial charge in [-0.15, -0.1) is 0 Å². The number of nitrogens with zero attached hydrogens (tertiary/aromatic N) is 4. The highest BCUT2D eigenvalue weighted by Crippen LogP contribution is 2.33. The molecule has 3 heterocycles. The largest absolute Gasteiger partial charge is 0.478 e. The van der Waals surface area contributed by atoms with Crippen LogP contribution in [0.3, 0.4) is 0 Å². The molecule has 1 fully saturated rings. The highest BCUT2D eigenvalue weighted by Gasteiger charge is 2.40. The van der Waals surface area contributed by atoms with Crippen LogP contribution in [0.2, 0.25) is 0 Å². The number of piperidine rings is 1. The standard InChI is InChI=1S/C35H44F6N6O6/c1-33(2,3)53-32(50)42-12-6-7-24-19-25-28(8-5-9-29(25)46(24)22-34(36,37)38)44-27-10-13-45(4)21-23(27)11-15-51-17-18-52-16-14-47-30(35(39,40)41)26(20-43-47)31(48)49/h5,8-9,19-20,23,27,44H,10-18,21-22H2,1-4H3,(H,42,50)(H,48,49)/t23-,27-/m1/s1. The Morgan fingerprint density at radius 3 is 2.43 bits per heavy atom. The predicted octanol–water partition coefficient (Wildman–Crippen LogP) is 5.85. The van der Waals surface area contributed by atoms with Crippen LogP contribution < -0.4 is 10.6 Å². The van der Waals surface area contributed by atoms with E-state index in [1.807, 2.05) is 13.1 Å². The van der Waals surface area contributed by atoms with Crippen LogP contribution in [0.25, 0.3) is 10.9 Å². The lowest BCUT2D eigenvalue weighted by Crippen LogP contribution is -2.45. The van der Waals surface area contributed by atoms with Crippen molar-refractivity contribution in [2.75, 3.05) is 58.4 Å². The molecule has 1 aliphatic heterocycles. The maximum Gasteiger partial charge on any atom is 0.433 e. The normalized spacial score (nSPS) is 17.0. The number of alkyl halides is 6. The van der Waals surface area contributed by atoms with E-state index >= 15 is 0 Å². The summed E-state index contributed by atoms with van der Waals surface area (Å²) in [4.78, 5) is 25.3. The first-order valence-corrected chi connectivity index (χ1v) is 16.9. The molecule has 0 radical (unpaired) electrons. The summed E-state index contributed by atoms with van der Waals surface area (Å²) < 4.78 is 99.1. The van der Waals surface area contributed by atoms with E-state index in [1.54, 1.807) is 39.0 Å². The molecule has 292 valence electrons. The van der Waals surface area contributed by atoms with Crippen molar-refractivity contribution < 1.29 is 55.2 Å². The zero-order chi connectivity index (χ0) is 39.0. The van der Waals surface area contributed by atoms with E-state index in [0.29, 0.717) is 40.5 Å². The van der Waals surface area contributed by atoms with Crippen molar-refractivity contribution >= 4 is 28.7 Å². The van der Waals surface area contributed by atoms with Crippen LogP contribution in [0, 0.1) is 17.8 Å². The third-order valence-corrected chi connectivity index (χ3v) is 8.29. The number of carboxylic acids is 1. The van der Waals surface area contributed by atoms with E-state index in [4.69, 9.17) is 19.3 Å². The van der Waals surface area contributed by atoms with Gasteiger partial charge in [0, 0.05) is 30.3 Å². The van der Waals surface area contributed by atoms with Gasteiger partial charge in [-0.1, -0.05) is 12.0 Å². The van der Waals surface area contributed by atoms with Crippen LogP contribution in [0.4, 0.5) is 36.8 Å². The number of hydrogen-bond acceptors (Lipinski definition) is 8. The summed E-state index contributed by atoms with van der Waals surface area (Å²) in [5.41, 5.74) is -1.83. The highest BCUT2D eigenvalue weighted by molar-refractivity contribution is 5.94. The summed E-state index contributed by atoms with van der Waals surface area (Å²) in [7, 11) is 2.00. The lowest BCUT2D eigenvalue weighted by Gasteiger charge is -2.38. The maximum absolute atomic E-state index is 13.7. The zero-order valence-electron chi connectivity index (χ0n) is 29.9. The monoisotopic (exact) mass is 758 g/mol. The molecule has 12 nitrogen and oxygen atoms in total. The molecule has 0 saturated carbocycles. The number of carbonyl (C=O) groups is 2. The van der Waals surface area contributed by atoms with Crippen LogP contribution in [-0.4, -0.2) is 107 Å². The number of fused-ring (bicyclic) bond motifs is 1. The Labute approximate surface area is 302 Å². The highest BCUT2D eigenvalue weighted by atomic mass is 19.4. The Balaban J connectivity index is 1.35. The fraction of sp³-hybridized carbons (Fsp3) is 0.571. The maximum atomic E-state index is 13.7. The summed E-state index contributed by atoms with van der Waals surface area (Å²) in [5.74, 6) is 3.88. The Morgan fingerprint density at radius 2 is 1.77 bits per heavy atom. The second-order valence-corrected chi connectivity index (χ2v) is 13.6. The van der Waals surface area contributed by atoms with E-state index in [-0.39, 0.29) is 50.6 Å². The third-order valence-electron chi connectivity index (χ3n) is 8.29. The number of aromatic nitrogens is 3. The van der Waals surface area contributed by atoms with Gasteiger partial charge in [-0.05, 0) is 77.2 Å². The number of alkyl carbamates (subject to hydrolysis) is 1. The van der Waals surface area contributed by atoms with Crippen LogP contribution in [0.1, 0.15) is 55.4 Å². The molecule has 0 bridgehead atoms. The molecular weight excluding hydrogens is 714 g/mol. The third kappa shape index (κ3) is 12.3. The van der Waals surface area contributed by atoms with Gasteiger partial charge in [0.2, 0.25) is 0 Å². The molecular formula is C35H44F6N6O6. The van der Waals surface area contributed by atoms with Gasteiger partial charge in [0.15, 0.2) is 5.69 Å². The Morgan fingerprint density at radius 1 is 1.06 bits per heavy atom. The van der Waals surface area contributed by atoms with Crippen LogP contribution >= 0.6 is 0 Å². The van der Waals surface area contributed by atoms with Crippen molar-refractivity contribution in [2.45, 2.75) is 70.7 Å². The van der Waals surface area contributed by atoms with Gasteiger partial charge in [0.05, 0.1) is 50.3 Å². The SMILES string of the molecule is CN1CC[C@@H](Nc2cccc3c2cc(C#CCNC(=O)OC(C)(C)C)n3CC(F)(F)F)[C@H](CCOCCOCCn2ncc(C(=O)O)c2C(F)(F)F)C1. The molecule has 3 aromatic rings. The van der Waals surface area contributed by atoms with Gasteiger partial charge in [0.25, 0.3) is 0 Å². The number of rotatable bonds is 14. The number of aromatic carboxylic acids is 1. The summed E-state index contributed by atoms with van der Waals surface area (Å²) in [5, 5.41) is 19.2. The number of carbonyl (C=O) groups excluding carboxylic acids is 1. The molecule has 0 aliphatic carbocycles. The summed E-state index contributed by atoms with van der Waals surface area (Å²) in [6.45, 7) is 5.50. The molecule has 1 saturated heterocycles. The number of nitrogens with one attached hydrogen (secondary N) is 2. The molecule has 1 aromatic carbocycles. The number of benzene rings is 1. The van der Waals surface area contributed by atoms with Crippen molar-refractivity contribution in [3.8, 4) is 11.8 Å². The van der Waals surface area contributed by atoms with E-state index < -0.39 is 47.8 Å². The smallest absolute Gasteiger partial charge is 0.433 e. The quantitative estimate of drug-likeness (QED) is 0.105. The Kier molecular flexibility index (Phi) is 13.7. The minimum atomic E-state index is -4.89. The van der Waals surface area contributed by atoms with E-state index in [2.05, 4.69) is 32.5 Å². The van der Waals surface area contributed by atoms with Crippen molar-refractivity contribution in [3.63, 3.8) is 0 Å². The molecule has 4 rings (SSSR count). The average Bonchev–Trinajstić information content (AvgIpc) is 3.63. The minimum Gasteiger partial charge on any atom is -0.478 e. The van der Waals surface area contributed by atoms with E-state index in [9.17, 15) is 35.9 Å². The minimum absolute atomic E-state index is 0.0252. The predicted molar refractivity (Wildman–Crippen MR) is 183 cm³/mol. The van der Waals surface area contributed by atoms with E-state index in [0.717, 1.165) is 24.1 Å². The number of anilines is 1. The molecule has 0 spiro atoms. The number of amides is 1. The zero-order valence-corrected chi connectivity index (χ0v) is 29.9. The number of hydrogen-bond donors (Lipinski definition) is 3. The first-order valence-electron chi connectivity index (χ1n) is 16.9. The first-order chi connectivity index (χ1) is 24.8. The molecule has 0 unspecified atom stereocenters. The Hall–Kier alpha value is -4.47. The van der Waals surface area contributed by atoms with Crippen molar-refractivity contribution in [1.82, 2.24) is 24.6 Å². The number of carboxylic acid groups (broad SMARTS) is 1. The summed E-state index contributed by atoms with van der Waals surface area (Å²) in [6.07, 6.45) is -8.01. The van der Waals surface area contributed by atoms with Gasteiger partial charge in [-0.25, -0.2) is 9.59 Å². The summed E-state index contributed by atoms with van der Waals surface area (Å²) in [6, 6.07) is 6.69. The van der Waals surface area contributed by atoms with Crippen LogP contribution in [0.15, 0.2) is 30.5 Å².